The predicted molar refractivity (Wildman–Crippen MR) is 91.5 cm³/mol. The molecule has 0 saturated heterocycles. The summed E-state index contributed by atoms with van der Waals surface area (Å²) < 4.78 is 19.2. The topological polar surface area (TPSA) is 29.5 Å². The van der Waals surface area contributed by atoms with Gasteiger partial charge in [-0.25, -0.2) is 4.39 Å². The van der Waals surface area contributed by atoms with Crippen molar-refractivity contribution in [1.29, 1.82) is 0 Å². The van der Waals surface area contributed by atoms with Gasteiger partial charge in [-0.15, -0.1) is 0 Å². The first-order chi connectivity index (χ1) is 11.6. The van der Waals surface area contributed by atoms with Crippen molar-refractivity contribution in [3.63, 3.8) is 0 Å². The first-order valence-electron chi connectivity index (χ1n) is 7.92. The van der Waals surface area contributed by atoms with Crippen molar-refractivity contribution in [2.24, 2.45) is 0 Å². The van der Waals surface area contributed by atoms with Crippen molar-refractivity contribution in [2.75, 3.05) is 7.11 Å². The van der Waals surface area contributed by atoms with Crippen LogP contribution in [0.25, 0.3) is 0 Å². The van der Waals surface area contributed by atoms with E-state index in [0.29, 0.717) is 22.8 Å². The van der Waals surface area contributed by atoms with E-state index in [1.807, 2.05) is 18.2 Å². The molecule has 0 atom stereocenters. The van der Waals surface area contributed by atoms with E-state index < -0.39 is 0 Å². The van der Waals surface area contributed by atoms with Gasteiger partial charge < -0.3 is 9.64 Å². The van der Waals surface area contributed by atoms with E-state index in [1.165, 1.54) is 6.07 Å². The number of benzene rings is 2. The SMILES string of the molecule is COCc1cccc(C(=O)N(Cc2c(F)cccc2Cl)C2CC2)c1. The Morgan fingerprint density at radius 1 is 1.29 bits per heavy atom. The molecule has 0 aliphatic heterocycles. The number of methoxy groups -OCH3 is 1. The van der Waals surface area contributed by atoms with Gasteiger partial charge in [-0.2, -0.15) is 0 Å². The third-order valence-electron chi connectivity index (χ3n) is 4.12. The molecule has 0 spiro atoms. The lowest BCUT2D eigenvalue weighted by atomic mass is 10.1. The molecule has 0 unspecified atom stereocenters. The fourth-order valence-corrected chi connectivity index (χ4v) is 2.96. The highest BCUT2D eigenvalue weighted by molar-refractivity contribution is 6.31. The lowest BCUT2D eigenvalue weighted by molar-refractivity contribution is 0.0728. The van der Waals surface area contributed by atoms with Crippen LogP contribution in [0.1, 0.15) is 34.3 Å². The minimum atomic E-state index is -0.380. The number of carbonyl (C=O) groups is 1. The lowest BCUT2D eigenvalue weighted by Crippen LogP contribution is -2.33. The molecule has 2 aromatic rings. The number of carbonyl (C=O) groups excluding carboxylic acids is 1. The fourth-order valence-electron chi connectivity index (χ4n) is 2.73. The third-order valence-corrected chi connectivity index (χ3v) is 4.48. The second-order valence-electron chi connectivity index (χ2n) is 6.00. The highest BCUT2D eigenvalue weighted by Crippen LogP contribution is 2.32. The van der Waals surface area contributed by atoms with E-state index >= 15 is 0 Å². The molecule has 1 amide bonds. The number of nitrogens with zero attached hydrogens (tertiary/aromatic N) is 1. The van der Waals surface area contributed by atoms with Gasteiger partial charge in [0.1, 0.15) is 5.82 Å². The molecule has 3 nitrogen and oxygen atoms in total. The van der Waals surface area contributed by atoms with Gasteiger partial charge in [0.25, 0.3) is 5.91 Å². The summed E-state index contributed by atoms with van der Waals surface area (Å²) in [5, 5.41) is 0.349. The van der Waals surface area contributed by atoms with Gasteiger partial charge in [-0.3, -0.25) is 4.79 Å². The van der Waals surface area contributed by atoms with Crippen molar-refractivity contribution in [2.45, 2.75) is 32.0 Å². The highest BCUT2D eigenvalue weighted by atomic mass is 35.5. The summed E-state index contributed by atoms with van der Waals surface area (Å²) >= 11 is 6.12. The molecule has 1 aliphatic rings. The van der Waals surface area contributed by atoms with Crippen LogP contribution in [0.2, 0.25) is 5.02 Å². The molecule has 0 radical (unpaired) electrons. The average Bonchev–Trinajstić information content (AvgIpc) is 3.39. The maximum Gasteiger partial charge on any atom is 0.254 e. The fraction of sp³-hybridized carbons (Fsp3) is 0.316. The Bertz CT molecular complexity index is 726. The van der Waals surface area contributed by atoms with Gasteiger partial charge in [0.05, 0.1) is 13.2 Å². The zero-order valence-corrected chi connectivity index (χ0v) is 14.2. The third kappa shape index (κ3) is 3.77. The van der Waals surface area contributed by atoms with E-state index in [0.717, 1.165) is 18.4 Å². The summed E-state index contributed by atoms with van der Waals surface area (Å²) in [5.41, 5.74) is 1.89. The van der Waals surface area contributed by atoms with E-state index in [1.54, 1.807) is 30.2 Å². The number of ether oxygens (including phenoxy) is 1. The summed E-state index contributed by atoms with van der Waals surface area (Å²) in [6.45, 7) is 0.632. The van der Waals surface area contributed by atoms with E-state index in [9.17, 15) is 9.18 Å². The molecular weight excluding hydrogens is 329 g/mol. The van der Waals surface area contributed by atoms with Crippen LogP contribution in [-0.2, 0) is 17.9 Å². The van der Waals surface area contributed by atoms with Crippen LogP contribution in [0.15, 0.2) is 42.5 Å². The van der Waals surface area contributed by atoms with Crippen molar-refractivity contribution in [3.05, 3.63) is 70.0 Å². The first kappa shape index (κ1) is 16.9. The summed E-state index contributed by atoms with van der Waals surface area (Å²) in [5.74, 6) is -0.483. The predicted octanol–water partition coefficient (Wildman–Crippen LogP) is 4.43. The van der Waals surface area contributed by atoms with Crippen molar-refractivity contribution in [3.8, 4) is 0 Å². The summed E-state index contributed by atoms with van der Waals surface area (Å²) in [6, 6.07) is 12.1. The maximum absolute atomic E-state index is 14.1. The minimum absolute atomic E-state index is 0.102. The molecule has 1 saturated carbocycles. The van der Waals surface area contributed by atoms with Gasteiger partial charge >= 0.3 is 0 Å². The molecule has 0 N–H and O–H groups in total. The van der Waals surface area contributed by atoms with Crippen LogP contribution in [0.4, 0.5) is 4.39 Å². The largest absolute Gasteiger partial charge is 0.380 e. The van der Waals surface area contributed by atoms with Gasteiger partial charge in [0.15, 0.2) is 0 Å². The second kappa shape index (κ2) is 7.32. The molecule has 126 valence electrons. The molecular formula is C19H19ClFNO2. The molecule has 3 rings (SSSR count). The zero-order chi connectivity index (χ0) is 17.1. The molecule has 2 aromatic carbocycles. The average molecular weight is 348 g/mol. The highest BCUT2D eigenvalue weighted by Gasteiger charge is 2.34. The summed E-state index contributed by atoms with van der Waals surface area (Å²) in [6.07, 6.45) is 1.88. The van der Waals surface area contributed by atoms with Crippen LogP contribution < -0.4 is 0 Å². The molecule has 5 heteroatoms. The molecule has 1 fully saturated rings. The van der Waals surface area contributed by atoms with E-state index in [2.05, 4.69) is 0 Å². The van der Waals surface area contributed by atoms with Crippen molar-refractivity contribution < 1.29 is 13.9 Å². The molecule has 0 aromatic heterocycles. The molecule has 0 heterocycles. The Labute approximate surface area is 146 Å². The van der Waals surface area contributed by atoms with Gasteiger partial charge in [0, 0.05) is 29.3 Å². The Hall–Kier alpha value is -1.91. The number of halogens is 2. The summed E-state index contributed by atoms with van der Waals surface area (Å²) in [7, 11) is 1.62. The van der Waals surface area contributed by atoms with Crippen molar-refractivity contribution in [1.82, 2.24) is 4.90 Å². The first-order valence-corrected chi connectivity index (χ1v) is 8.29. The molecule has 1 aliphatic carbocycles. The normalized spacial score (nSPS) is 13.8. The lowest BCUT2D eigenvalue weighted by Gasteiger charge is -2.23. The smallest absolute Gasteiger partial charge is 0.254 e. The monoisotopic (exact) mass is 347 g/mol. The number of hydrogen-bond acceptors (Lipinski definition) is 2. The van der Waals surface area contributed by atoms with E-state index in [4.69, 9.17) is 16.3 Å². The Morgan fingerprint density at radius 2 is 2.04 bits per heavy atom. The second-order valence-corrected chi connectivity index (χ2v) is 6.41. The zero-order valence-electron chi connectivity index (χ0n) is 13.5. The number of rotatable bonds is 6. The Kier molecular flexibility index (Phi) is 5.17. The van der Waals surface area contributed by atoms with Crippen molar-refractivity contribution >= 4 is 17.5 Å². The van der Waals surface area contributed by atoms with Crippen LogP contribution in [0.5, 0.6) is 0 Å². The summed E-state index contributed by atoms with van der Waals surface area (Å²) in [4.78, 5) is 14.6. The van der Waals surface area contributed by atoms with Crippen LogP contribution in [-0.4, -0.2) is 24.0 Å². The number of amides is 1. The van der Waals surface area contributed by atoms with Gasteiger partial charge in [-0.05, 0) is 42.7 Å². The Morgan fingerprint density at radius 3 is 2.71 bits per heavy atom. The molecule has 0 bridgehead atoms. The van der Waals surface area contributed by atoms with Crippen LogP contribution in [0.3, 0.4) is 0 Å². The maximum atomic E-state index is 14.1. The number of hydrogen-bond donors (Lipinski definition) is 0. The standard InChI is InChI=1S/C19H19ClFNO2/c1-24-12-13-4-2-5-14(10-13)19(23)22(15-8-9-15)11-16-17(20)6-3-7-18(16)21/h2-7,10,15H,8-9,11-12H2,1H3. The van der Waals surface area contributed by atoms with Crippen LogP contribution >= 0.6 is 11.6 Å². The molecule has 24 heavy (non-hydrogen) atoms. The van der Waals surface area contributed by atoms with E-state index in [-0.39, 0.29) is 24.3 Å². The Balaban J connectivity index is 1.86. The van der Waals surface area contributed by atoms with Crippen LogP contribution in [0, 0.1) is 5.82 Å². The quantitative estimate of drug-likeness (QED) is 0.773. The minimum Gasteiger partial charge on any atom is -0.380 e. The van der Waals surface area contributed by atoms with Gasteiger partial charge in [0.2, 0.25) is 0 Å². The van der Waals surface area contributed by atoms with Gasteiger partial charge in [-0.1, -0.05) is 29.8 Å².